The number of benzene rings is 2. The second kappa shape index (κ2) is 5.84. The first kappa shape index (κ1) is 14.1. The number of fused-ring (bicyclic) bond motifs is 1. The standard InChI is InChI=1S/C15H11BrCl2O2/c16-11-4-2-1-3-9(11)15(18)10-7-13-14(8-12(10)17)20-6-5-19-13/h1-4,7-8,15H,5-6H2. The molecule has 2 aromatic carbocycles. The summed E-state index contributed by atoms with van der Waals surface area (Å²) in [7, 11) is 0. The summed E-state index contributed by atoms with van der Waals surface area (Å²) in [5.41, 5.74) is 1.78. The minimum absolute atomic E-state index is 0.353. The van der Waals surface area contributed by atoms with Gasteiger partial charge >= 0.3 is 0 Å². The van der Waals surface area contributed by atoms with Gasteiger partial charge in [0.15, 0.2) is 11.5 Å². The molecule has 0 saturated carbocycles. The molecule has 1 unspecified atom stereocenters. The lowest BCUT2D eigenvalue weighted by Gasteiger charge is -2.21. The van der Waals surface area contributed by atoms with E-state index in [0.29, 0.717) is 29.7 Å². The molecule has 0 aromatic heterocycles. The van der Waals surface area contributed by atoms with Gasteiger partial charge in [-0.25, -0.2) is 0 Å². The van der Waals surface area contributed by atoms with Crippen LogP contribution in [0.2, 0.25) is 5.02 Å². The highest BCUT2D eigenvalue weighted by Gasteiger charge is 2.21. The Morgan fingerprint density at radius 2 is 1.65 bits per heavy atom. The van der Waals surface area contributed by atoms with Crippen LogP contribution in [0.25, 0.3) is 0 Å². The molecule has 0 spiro atoms. The van der Waals surface area contributed by atoms with Crippen LogP contribution in [-0.2, 0) is 0 Å². The van der Waals surface area contributed by atoms with Crippen molar-refractivity contribution < 1.29 is 9.47 Å². The molecule has 3 rings (SSSR count). The monoisotopic (exact) mass is 372 g/mol. The number of alkyl halides is 1. The van der Waals surface area contributed by atoms with E-state index in [0.717, 1.165) is 15.6 Å². The number of hydrogen-bond donors (Lipinski definition) is 0. The molecule has 0 bridgehead atoms. The van der Waals surface area contributed by atoms with E-state index < -0.39 is 0 Å². The molecule has 0 aliphatic carbocycles. The maximum absolute atomic E-state index is 6.57. The van der Waals surface area contributed by atoms with Gasteiger partial charge in [0.25, 0.3) is 0 Å². The molecular weight excluding hydrogens is 363 g/mol. The Labute approximate surface area is 135 Å². The van der Waals surface area contributed by atoms with Gasteiger partial charge in [0.05, 0.1) is 5.38 Å². The third-order valence-corrected chi connectivity index (χ3v) is 4.63. The topological polar surface area (TPSA) is 18.5 Å². The molecule has 0 fully saturated rings. The van der Waals surface area contributed by atoms with Crippen molar-refractivity contribution in [2.24, 2.45) is 0 Å². The summed E-state index contributed by atoms with van der Waals surface area (Å²) >= 11 is 16.4. The predicted molar refractivity (Wildman–Crippen MR) is 84.3 cm³/mol. The Kier molecular flexibility index (Phi) is 4.11. The molecule has 20 heavy (non-hydrogen) atoms. The maximum Gasteiger partial charge on any atom is 0.162 e. The van der Waals surface area contributed by atoms with Gasteiger partial charge in [-0.15, -0.1) is 11.6 Å². The zero-order valence-corrected chi connectivity index (χ0v) is 13.5. The number of rotatable bonds is 2. The van der Waals surface area contributed by atoms with Crippen molar-refractivity contribution in [1.29, 1.82) is 0 Å². The highest BCUT2D eigenvalue weighted by atomic mass is 79.9. The summed E-state index contributed by atoms with van der Waals surface area (Å²) in [6, 6.07) is 11.4. The number of ether oxygens (including phenoxy) is 2. The van der Waals surface area contributed by atoms with E-state index in [2.05, 4.69) is 15.9 Å². The largest absolute Gasteiger partial charge is 0.486 e. The molecule has 1 heterocycles. The lowest BCUT2D eigenvalue weighted by molar-refractivity contribution is 0.171. The van der Waals surface area contributed by atoms with Gasteiger partial charge in [0.1, 0.15) is 13.2 Å². The van der Waals surface area contributed by atoms with Crippen molar-refractivity contribution in [3.8, 4) is 11.5 Å². The van der Waals surface area contributed by atoms with Gasteiger partial charge in [-0.1, -0.05) is 45.7 Å². The van der Waals surface area contributed by atoms with E-state index in [4.69, 9.17) is 32.7 Å². The van der Waals surface area contributed by atoms with Crippen LogP contribution in [0, 0.1) is 0 Å². The molecule has 0 radical (unpaired) electrons. The third kappa shape index (κ3) is 2.62. The van der Waals surface area contributed by atoms with Crippen molar-refractivity contribution in [3.63, 3.8) is 0 Å². The van der Waals surface area contributed by atoms with Crippen LogP contribution >= 0.6 is 39.1 Å². The molecule has 2 nitrogen and oxygen atoms in total. The maximum atomic E-state index is 6.57. The van der Waals surface area contributed by atoms with Crippen molar-refractivity contribution in [3.05, 3.63) is 57.0 Å². The van der Waals surface area contributed by atoms with Crippen molar-refractivity contribution in [1.82, 2.24) is 0 Å². The summed E-state index contributed by atoms with van der Waals surface area (Å²) in [4.78, 5) is 0. The minimum Gasteiger partial charge on any atom is -0.486 e. The second-order valence-corrected chi connectivity index (χ2v) is 6.10. The van der Waals surface area contributed by atoms with Gasteiger partial charge in [0, 0.05) is 15.6 Å². The molecule has 1 aliphatic heterocycles. The van der Waals surface area contributed by atoms with Crippen LogP contribution in [0.3, 0.4) is 0 Å². The molecule has 0 N–H and O–H groups in total. The average Bonchev–Trinajstić information content (AvgIpc) is 2.46. The quantitative estimate of drug-likeness (QED) is 0.673. The smallest absolute Gasteiger partial charge is 0.162 e. The lowest BCUT2D eigenvalue weighted by atomic mass is 10.0. The summed E-state index contributed by atoms with van der Waals surface area (Å²) in [6.07, 6.45) is 0. The van der Waals surface area contributed by atoms with Crippen LogP contribution in [0.1, 0.15) is 16.5 Å². The van der Waals surface area contributed by atoms with E-state index in [-0.39, 0.29) is 5.38 Å². The zero-order chi connectivity index (χ0) is 14.1. The Balaban J connectivity index is 2.03. The Hall–Kier alpha value is -0.900. The van der Waals surface area contributed by atoms with Gasteiger partial charge in [-0.2, -0.15) is 0 Å². The van der Waals surface area contributed by atoms with Gasteiger partial charge in [-0.3, -0.25) is 0 Å². The lowest BCUT2D eigenvalue weighted by Crippen LogP contribution is -2.15. The van der Waals surface area contributed by atoms with Crippen molar-refractivity contribution in [2.75, 3.05) is 13.2 Å². The molecule has 2 aromatic rings. The first-order valence-electron chi connectivity index (χ1n) is 6.14. The fourth-order valence-corrected chi connectivity index (χ4v) is 3.46. The number of hydrogen-bond acceptors (Lipinski definition) is 2. The van der Waals surface area contributed by atoms with E-state index in [1.54, 1.807) is 6.07 Å². The average molecular weight is 374 g/mol. The highest BCUT2D eigenvalue weighted by molar-refractivity contribution is 9.10. The Morgan fingerprint density at radius 3 is 2.35 bits per heavy atom. The Morgan fingerprint density at radius 1 is 1.00 bits per heavy atom. The van der Waals surface area contributed by atoms with E-state index in [1.807, 2.05) is 30.3 Å². The van der Waals surface area contributed by atoms with Crippen LogP contribution in [0.5, 0.6) is 11.5 Å². The van der Waals surface area contributed by atoms with Gasteiger partial charge in [0.2, 0.25) is 0 Å². The van der Waals surface area contributed by atoms with Crippen LogP contribution < -0.4 is 9.47 Å². The zero-order valence-electron chi connectivity index (χ0n) is 10.4. The first-order valence-corrected chi connectivity index (χ1v) is 7.75. The van der Waals surface area contributed by atoms with Crippen LogP contribution in [0.15, 0.2) is 40.9 Å². The number of halogens is 3. The SMILES string of the molecule is Clc1cc2c(cc1C(Cl)c1ccccc1Br)OCCO2. The van der Waals surface area contributed by atoms with E-state index >= 15 is 0 Å². The summed E-state index contributed by atoms with van der Waals surface area (Å²) in [5.74, 6) is 1.36. The normalized spacial score (nSPS) is 14.9. The van der Waals surface area contributed by atoms with Gasteiger partial charge < -0.3 is 9.47 Å². The highest BCUT2D eigenvalue weighted by Crippen LogP contribution is 2.42. The predicted octanol–water partition coefficient (Wildman–Crippen LogP) is 5.20. The minimum atomic E-state index is -0.353. The molecule has 0 amide bonds. The fourth-order valence-electron chi connectivity index (χ4n) is 2.12. The molecule has 0 saturated heterocycles. The van der Waals surface area contributed by atoms with Crippen LogP contribution in [-0.4, -0.2) is 13.2 Å². The second-order valence-electron chi connectivity index (χ2n) is 4.40. The van der Waals surface area contributed by atoms with E-state index in [9.17, 15) is 0 Å². The van der Waals surface area contributed by atoms with Crippen LogP contribution in [0.4, 0.5) is 0 Å². The Bertz CT molecular complexity index is 646. The van der Waals surface area contributed by atoms with Crippen molar-refractivity contribution >= 4 is 39.1 Å². The summed E-state index contributed by atoms with van der Waals surface area (Å²) in [5, 5.41) is 0.221. The molecule has 1 atom stereocenters. The molecular formula is C15H11BrCl2O2. The van der Waals surface area contributed by atoms with E-state index in [1.165, 1.54) is 0 Å². The first-order chi connectivity index (χ1) is 9.66. The molecule has 5 heteroatoms. The molecule has 1 aliphatic rings. The van der Waals surface area contributed by atoms with Crippen molar-refractivity contribution in [2.45, 2.75) is 5.38 Å². The summed E-state index contributed by atoms with van der Waals surface area (Å²) < 4.78 is 12.0. The van der Waals surface area contributed by atoms with Gasteiger partial charge in [-0.05, 0) is 23.3 Å². The molecule has 104 valence electrons. The summed E-state index contributed by atoms with van der Waals surface area (Å²) in [6.45, 7) is 1.08. The fraction of sp³-hybridized carbons (Fsp3) is 0.200. The third-order valence-electron chi connectivity index (χ3n) is 3.11.